The fourth-order valence-electron chi connectivity index (χ4n) is 4.17. The molecule has 0 aliphatic carbocycles. The number of aryl methyl sites for hydroxylation is 3. The van der Waals surface area contributed by atoms with E-state index in [1.165, 1.54) is 24.1 Å². The van der Waals surface area contributed by atoms with Gasteiger partial charge in [-0.2, -0.15) is 5.10 Å². The third-order valence-electron chi connectivity index (χ3n) is 5.79. The van der Waals surface area contributed by atoms with E-state index in [4.69, 9.17) is 9.73 Å². The SMILES string of the molecule is CCNC(=NCC(c1ccc(OC)cc1)N1CCCC1)NCCCn1nc(C)cc1C.I. The van der Waals surface area contributed by atoms with Crippen LogP contribution < -0.4 is 15.4 Å². The van der Waals surface area contributed by atoms with Crippen molar-refractivity contribution in [3.63, 3.8) is 0 Å². The lowest BCUT2D eigenvalue weighted by molar-refractivity contribution is 0.251. The van der Waals surface area contributed by atoms with E-state index < -0.39 is 0 Å². The molecule has 1 saturated heterocycles. The van der Waals surface area contributed by atoms with Crippen LogP contribution in [0, 0.1) is 13.8 Å². The molecule has 1 aliphatic heterocycles. The molecule has 178 valence electrons. The summed E-state index contributed by atoms with van der Waals surface area (Å²) in [4.78, 5) is 7.50. The maximum absolute atomic E-state index is 5.33. The standard InChI is InChI=1S/C24H38N6O.HI/c1-5-25-24(26-13-8-16-30-20(3)17-19(2)28-30)27-18-23(29-14-6-7-15-29)21-9-11-22(31-4)12-10-21;/h9-12,17,23H,5-8,13-16,18H2,1-4H3,(H2,25,26,27);1H. The van der Waals surface area contributed by atoms with Crippen LogP contribution in [0.5, 0.6) is 5.75 Å². The summed E-state index contributed by atoms with van der Waals surface area (Å²) in [7, 11) is 1.71. The maximum atomic E-state index is 5.33. The summed E-state index contributed by atoms with van der Waals surface area (Å²) in [5, 5.41) is 11.4. The molecule has 1 atom stereocenters. The Morgan fingerprint density at radius 1 is 1.16 bits per heavy atom. The quantitative estimate of drug-likeness (QED) is 0.202. The van der Waals surface area contributed by atoms with Crippen LogP contribution in [0.3, 0.4) is 0 Å². The zero-order valence-electron chi connectivity index (χ0n) is 19.9. The van der Waals surface area contributed by atoms with E-state index in [-0.39, 0.29) is 24.0 Å². The topological polar surface area (TPSA) is 66.7 Å². The number of benzene rings is 1. The van der Waals surface area contributed by atoms with Gasteiger partial charge >= 0.3 is 0 Å². The van der Waals surface area contributed by atoms with E-state index in [9.17, 15) is 0 Å². The molecule has 1 unspecified atom stereocenters. The summed E-state index contributed by atoms with van der Waals surface area (Å²) in [6.07, 6.45) is 3.53. The Morgan fingerprint density at radius 3 is 2.47 bits per heavy atom. The predicted octanol–water partition coefficient (Wildman–Crippen LogP) is 3.91. The molecule has 32 heavy (non-hydrogen) atoms. The number of nitrogens with one attached hydrogen (secondary N) is 2. The molecule has 2 N–H and O–H groups in total. The lowest BCUT2D eigenvalue weighted by Crippen LogP contribution is -2.39. The fraction of sp³-hybridized carbons (Fsp3) is 0.583. The van der Waals surface area contributed by atoms with E-state index in [0.29, 0.717) is 6.04 Å². The summed E-state index contributed by atoms with van der Waals surface area (Å²) >= 11 is 0. The van der Waals surface area contributed by atoms with Gasteiger partial charge in [-0.15, -0.1) is 24.0 Å². The Morgan fingerprint density at radius 2 is 1.88 bits per heavy atom. The monoisotopic (exact) mass is 554 g/mol. The zero-order chi connectivity index (χ0) is 22.1. The third kappa shape index (κ3) is 7.65. The first-order chi connectivity index (χ1) is 15.1. The van der Waals surface area contributed by atoms with E-state index >= 15 is 0 Å². The van der Waals surface area contributed by atoms with Crippen molar-refractivity contribution in [1.82, 2.24) is 25.3 Å². The summed E-state index contributed by atoms with van der Waals surface area (Å²) in [6, 6.07) is 10.8. The van der Waals surface area contributed by atoms with Gasteiger partial charge in [-0.1, -0.05) is 12.1 Å². The van der Waals surface area contributed by atoms with E-state index in [0.717, 1.165) is 63.1 Å². The molecule has 1 aromatic carbocycles. The van der Waals surface area contributed by atoms with Crippen molar-refractivity contribution in [2.45, 2.75) is 52.6 Å². The van der Waals surface area contributed by atoms with Crippen molar-refractivity contribution in [2.75, 3.05) is 39.8 Å². The molecule has 7 nitrogen and oxygen atoms in total. The Balaban J connectivity index is 0.00000363. The number of rotatable bonds is 10. The van der Waals surface area contributed by atoms with Crippen molar-refractivity contribution in [3.05, 3.63) is 47.3 Å². The number of nitrogens with zero attached hydrogens (tertiary/aromatic N) is 4. The summed E-state index contributed by atoms with van der Waals surface area (Å²) < 4.78 is 7.41. The van der Waals surface area contributed by atoms with Gasteiger partial charge in [0.1, 0.15) is 5.75 Å². The number of halogens is 1. The van der Waals surface area contributed by atoms with Crippen molar-refractivity contribution in [1.29, 1.82) is 0 Å². The van der Waals surface area contributed by atoms with E-state index in [2.05, 4.69) is 57.4 Å². The molecule has 3 rings (SSSR count). The van der Waals surface area contributed by atoms with Crippen LogP contribution in [0.2, 0.25) is 0 Å². The van der Waals surface area contributed by atoms with Crippen LogP contribution in [0.25, 0.3) is 0 Å². The molecule has 8 heteroatoms. The number of methoxy groups -OCH3 is 1. The van der Waals surface area contributed by atoms with Crippen molar-refractivity contribution < 1.29 is 4.74 Å². The molecule has 0 amide bonds. The highest BCUT2D eigenvalue weighted by atomic mass is 127. The molecule has 0 spiro atoms. The highest BCUT2D eigenvalue weighted by Gasteiger charge is 2.23. The molecule has 0 saturated carbocycles. The van der Waals surface area contributed by atoms with Crippen LogP contribution in [0.4, 0.5) is 0 Å². The Hall–Kier alpha value is -1.81. The predicted molar refractivity (Wildman–Crippen MR) is 142 cm³/mol. The number of likely N-dealkylation sites (tertiary alicyclic amines) is 1. The van der Waals surface area contributed by atoms with E-state index in [1.807, 2.05) is 19.1 Å². The van der Waals surface area contributed by atoms with Crippen LogP contribution >= 0.6 is 24.0 Å². The first-order valence-corrected chi connectivity index (χ1v) is 11.5. The van der Waals surface area contributed by atoms with Crippen molar-refractivity contribution in [3.8, 4) is 5.75 Å². The summed E-state index contributed by atoms with van der Waals surface area (Å²) in [5.41, 5.74) is 3.59. The molecule has 2 aromatic rings. The Bertz CT molecular complexity index is 830. The fourth-order valence-corrected chi connectivity index (χ4v) is 4.17. The molecule has 1 aliphatic rings. The molecule has 0 bridgehead atoms. The lowest BCUT2D eigenvalue weighted by Gasteiger charge is -2.27. The maximum Gasteiger partial charge on any atom is 0.191 e. The van der Waals surface area contributed by atoms with E-state index in [1.54, 1.807) is 7.11 Å². The number of aliphatic imine (C=N–C) groups is 1. The molecule has 1 aromatic heterocycles. The molecule has 2 heterocycles. The minimum Gasteiger partial charge on any atom is -0.497 e. The molecule has 0 radical (unpaired) electrons. The third-order valence-corrected chi connectivity index (χ3v) is 5.79. The first-order valence-electron chi connectivity index (χ1n) is 11.5. The highest BCUT2D eigenvalue weighted by molar-refractivity contribution is 14.0. The van der Waals surface area contributed by atoms with Crippen LogP contribution in [-0.2, 0) is 6.54 Å². The number of ether oxygens (including phenoxy) is 1. The molecule has 1 fully saturated rings. The zero-order valence-corrected chi connectivity index (χ0v) is 22.3. The molecular weight excluding hydrogens is 515 g/mol. The van der Waals surface area contributed by atoms with Crippen LogP contribution in [0.15, 0.2) is 35.3 Å². The minimum atomic E-state index is 0. The second-order valence-electron chi connectivity index (χ2n) is 8.18. The van der Waals surface area contributed by atoms with Gasteiger partial charge in [0.15, 0.2) is 5.96 Å². The Labute approximate surface area is 210 Å². The summed E-state index contributed by atoms with van der Waals surface area (Å²) in [5.74, 6) is 1.78. The average Bonchev–Trinajstić information content (AvgIpc) is 3.41. The van der Waals surface area contributed by atoms with Gasteiger partial charge in [0.25, 0.3) is 0 Å². The average molecular weight is 555 g/mol. The number of aromatic nitrogens is 2. The van der Waals surface area contributed by atoms with Gasteiger partial charge < -0.3 is 15.4 Å². The molecular formula is C24H39IN6O. The largest absolute Gasteiger partial charge is 0.497 e. The van der Waals surface area contributed by atoms with Gasteiger partial charge in [-0.05, 0) is 76.9 Å². The van der Waals surface area contributed by atoms with Gasteiger partial charge in [0.05, 0.1) is 25.4 Å². The minimum absolute atomic E-state index is 0. The van der Waals surface area contributed by atoms with Crippen molar-refractivity contribution in [2.24, 2.45) is 4.99 Å². The number of hydrogen-bond acceptors (Lipinski definition) is 4. The van der Waals surface area contributed by atoms with Gasteiger partial charge in [-0.3, -0.25) is 14.6 Å². The van der Waals surface area contributed by atoms with Gasteiger partial charge in [0, 0.05) is 25.3 Å². The Kier molecular flexibility index (Phi) is 11.3. The lowest BCUT2D eigenvalue weighted by atomic mass is 10.1. The second kappa shape index (κ2) is 13.7. The van der Waals surface area contributed by atoms with Crippen molar-refractivity contribution >= 4 is 29.9 Å². The summed E-state index contributed by atoms with van der Waals surface area (Å²) in [6.45, 7) is 11.9. The first kappa shape index (κ1) is 26.4. The van der Waals surface area contributed by atoms with Crippen LogP contribution in [-0.4, -0.2) is 60.5 Å². The normalized spacial score (nSPS) is 15.3. The highest BCUT2D eigenvalue weighted by Crippen LogP contribution is 2.27. The van der Waals surface area contributed by atoms with Gasteiger partial charge in [-0.25, -0.2) is 0 Å². The number of hydrogen-bond donors (Lipinski definition) is 2. The van der Waals surface area contributed by atoms with Crippen LogP contribution in [0.1, 0.15) is 49.2 Å². The second-order valence-corrected chi connectivity index (χ2v) is 8.18. The smallest absolute Gasteiger partial charge is 0.191 e. The number of guanidine groups is 1. The van der Waals surface area contributed by atoms with Gasteiger partial charge in [0.2, 0.25) is 0 Å².